The SMILES string of the molecule is C[C@]12CC=C3C4=C(CC[C@H]3C13CC3CC2O)CC(=O)CC4. The molecule has 0 aliphatic heterocycles. The highest BCUT2D eigenvalue weighted by molar-refractivity contribution is 5.83. The van der Waals surface area contributed by atoms with Gasteiger partial charge < -0.3 is 5.11 Å². The largest absolute Gasteiger partial charge is 0.393 e. The van der Waals surface area contributed by atoms with Crippen LogP contribution in [0.1, 0.15) is 58.3 Å². The Morgan fingerprint density at radius 1 is 1.29 bits per heavy atom. The monoisotopic (exact) mass is 284 g/mol. The van der Waals surface area contributed by atoms with Gasteiger partial charge in [0.25, 0.3) is 0 Å². The fourth-order valence-corrected chi connectivity index (χ4v) is 6.60. The molecule has 112 valence electrons. The highest BCUT2D eigenvalue weighted by Gasteiger charge is 2.75. The summed E-state index contributed by atoms with van der Waals surface area (Å²) in [6.07, 6.45) is 10.6. The summed E-state index contributed by atoms with van der Waals surface area (Å²) < 4.78 is 0. The summed E-state index contributed by atoms with van der Waals surface area (Å²) in [4.78, 5) is 11.7. The van der Waals surface area contributed by atoms with Gasteiger partial charge in [-0.1, -0.05) is 18.6 Å². The van der Waals surface area contributed by atoms with Crippen molar-refractivity contribution >= 4 is 5.78 Å². The number of fused-ring (bicyclic) bond motifs is 2. The third kappa shape index (κ3) is 1.32. The Labute approximate surface area is 126 Å². The van der Waals surface area contributed by atoms with Crippen LogP contribution in [0.25, 0.3) is 0 Å². The number of carbonyl (C=O) groups is 1. The number of rotatable bonds is 0. The zero-order chi connectivity index (χ0) is 14.4. The average Bonchev–Trinajstić information content (AvgIpc) is 3.12. The lowest BCUT2D eigenvalue weighted by atomic mass is 9.55. The maximum Gasteiger partial charge on any atom is 0.137 e. The molecule has 0 amide bonds. The molecule has 1 spiro atoms. The average molecular weight is 284 g/mol. The van der Waals surface area contributed by atoms with Crippen LogP contribution in [-0.4, -0.2) is 17.0 Å². The lowest BCUT2D eigenvalue weighted by Crippen LogP contribution is -2.44. The number of hydrogen-bond donors (Lipinski definition) is 1. The molecule has 0 radical (unpaired) electrons. The molecule has 2 saturated carbocycles. The van der Waals surface area contributed by atoms with E-state index in [2.05, 4.69) is 13.0 Å². The Balaban J connectivity index is 1.61. The molecule has 2 nitrogen and oxygen atoms in total. The summed E-state index contributed by atoms with van der Waals surface area (Å²) in [5, 5.41) is 10.6. The number of ketones is 1. The highest BCUT2D eigenvalue weighted by Crippen LogP contribution is 2.80. The standard InChI is InChI=1S/C19H24O2/c1-18-7-6-15-14-4-3-13(20)8-11(14)2-5-16(15)19(18)10-12(19)9-17(18)21/h6,12,16-17,21H,2-5,7-10H2,1H3/t12?,16-,17?,18-,19?/m1/s1. The molecule has 5 rings (SSSR count). The van der Waals surface area contributed by atoms with Crippen LogP contribution in [0.2, 0.25) is 0 Å². The van der Waals surface area contributed by atoms with E-state index in [1.54, 1.807) is 11.1 Å². The second-order valence-corrected chi connectivity index (χ2v) is 8.36. The van der Waals surface area contributed by atoms with Gasteiger partial charge in [-0.25, -0.2) is 0 Å². The first-order valence-corrected chi connectivity index (χ1v) is 8.67. The second-order valence-electron chi connectivity index (χ2n) is 8.36. The fraction of sp³-hybridized carbons (Fsp3) is 0.737. The van der Waals surface area contributed by atoms with E-state index in [9.17, 15) is 9.90 Å². The van der Waals surface area contributed by atoms with Gasteiger partial charge >= 0.3 is 0 Å². The number of Topliss-reactive ketones (excluding diaryl/α,β-unsaturated/α-hetero) is 1. The van der Waals surface area contributed by atoms with E-state index in [0.29, 0.717) is 17.1 Å². The minimum Gasteiger partial charge on any atom is -0.393 e. The van der Waals surface area contributed by atoms with Gasteiger partial charge in [-0.3, -0.25) is 4.79 Å². The Morgan fingerprint density at radius 3 is 3.00 bits per heavy atom. The molecule has 0 aromatic heterocycles. The van der Waals surface area contributed by atoms with Crippen molar-refractivity contribution in [2.24, 2.45) is 22.7 Å². The van der Waals surface area contributed by atoms with Gasteiger partial charge in [-0.15, -0.1) is 0 Å². The first kappa shape index (κ1) is 12.6. The molecule has 1 N–H and O–H groups in total. The van der Waals surface area contributed by atoms with Crippen LogP contribution in [0.4, 0.5) is 0 Å². The van der Waals surface area contributed by atoms with Gasteiger partial charge in [0, 0.05) is 18.3 Å². The van der Waals surface area contributed by atoms with Crippen molar-refractivity contribution in [1.82, 2.24) is 0 Å². The maximum absolute atomic E-state index is 11.7. The van der Waals surface area contributed by atoms with Gasteiger partial charge in [-0.05, 0) is 66.9 Å². The van der Waals surface area contributed by atoms with E-state index in [1.165, 1.54) is 18.4 Å². The smallest absolute Gasteiger partial charge is 0.137 e. The van der Waals surface area contributed by atoms with Gasteiger partial charge in [0.1, 0.15) is 5.78 Å². The summed E-state index contributed by atoms with van der Waals surface area (Å²) in [7, 11) is 0. The second kappa shape index (κ2) is 3.71. The van der Waals surface area contributed by atoms with E-state index >= 15 is 0 Å². The molecule has 3 unspecified atom stereocenters. The minimum absolute atomic E-state index is 0.0997. The van der Waals surface area contributed by atoms with Crippen LogP contribution in [-0.2, 0) is 4.79 Å². The van der Waals surface area contributed by atoms with Crippen molar-refractivity contribution in [3.8, 4) is 0 Å². The zero-order valence-electron chi connectivity index (χ0n) is 12.8. The maximum atomic E-state index is 11.7. The number of aliphatic hydroxyl groups excluding tert-OH is 1. The van der Waals surface area contributed by atoms with Gasteiger partial charge in [0.2, 0.25) is 0 Å². The first-order chi connectivity index (χ1) is 10.1. The lowest BCUT2D eigenvalue weighted by Gasteiger charge is -2.49. The number of carbonyl (C=O) groups excluding carboxylic acids is 1. The van der Waals surface area contributed by atoms with E-state index < -0.39 is 0 Å². The van der Waals surface area contributed by atoms with Crippen molar-refractivity contribution in [2.45, 2.75) is 64.4 Å². The quantitative estimate of drug-likeness (QED) is 0.738. The van der Waals surface area contributed by atoms with Gasteiger partial charge in [0.15, 0.2) is 0 Å². The molecule has 2 heteroatoms. The van der Waals surface area contributed by atoms with Crippen LogP contribution in [0.5, 0.6) is 0 Å². The fourth-order valence-electron chi connectivity index (χ4n) is 6.60. The van der Waals surface area contributed by atoms with Crippen LogP contribution in [0, 0.1) is 22.7 Å². The Kier molecular flexibility index (Phi) is 2.23. The molecular formula is C19H24O2. The number of hydrogen-bond acceptors (Lipinski definition) is 2. The third-order valence-corrected chi connectivity index (χ3v) is 7.78. The van der Waals surface area contributed by atoms with E-state index in [1.807, 2.05) is 0 Å². The molecule has 0 bridgehead atoms. The van der Waals surface area contributed by atoms with Crippen molar-refractivity contribution in [3.63, 3.8) is 0 Å². The van der Waals surface area contributed by atoms with Crippen LogP contribution in [0.3, 0.4) is 0 Å². The molecule has 0 aromatic carbocycles. The van der Waals surface area contributed by atoms with Crippen molar-refractivity contribution < 1.29 is 9.90 Å². The molecule has 21 heavy (non-hydrogen) atoms. The predicted molar refractivity (Wildman–Crippen MR) is 80.6 cm³/mol. The molecule has 5 aliphatic rings. The van der Waals surface area contributed by atoms with Crippen LogP contribution >= 0.6 is 0 Å². The molecule has 0 heterocycles. The highest BCUT2D eigenvalue weighted by atomic mass is 16.3. The van der Waals surface area contributed by atoms with Crippen LogP contribution < -0.4 is 0 Å². The predicted octanol–water partition coefficient (Wildman–Crippen LogP) is 3.55. The Bertz CT molecular complexity index is 613. The Morgan fingerprint density at radius 2 is 2.14 bits per heavy atom. The first-order valence-electron chi connectivity index (χ1n) is 8.67. The number of allylic oxidation sites excluding steroid dienone is 4. The topological polar surface area (TPSA) is 37.3 Å². The summed E-state index contributed by atoms with van der Waals surface area (Å²) in [6.45, 7) is 2.34. The van der Waals surface area contributed by atoms with E-state index in [-0.39, 0.29) is 11.5 Å². The lowest BCUT2D eigenvalue weighted by molar-refractivity contribution is -0.118. The van der Waals surface area contributed by atoms with Crippen molar-refractivity contribution in [2.75, 3.05) is 0 Å². The van der Waals surface area contributed by atoms with Gasteiger partial charge in [-0.2, -0.15) is 0 Å². The summed E-state index contributed by atoms with van der Waals surface area (Å²) in [5.41, 5.74) is 5.11. The van der Waals surface area contributed by atoms with Crippen LogP contribution in [0.15, 0.2) is 22.8 Å². The molecule has 2 fully saturated rings. The zero-order valence-corrected chi connectivity index (χ0v) is 12.8. The summed E-state index contributed by atoms with van der Waals surface area (Å²) in [6, 6.07) is 0. The van der Waals surface area contributed by atoms with E-state index in [0.717, 1.165) is 44.4 Å². The molecular weight excluding hydrogens is 260 g/mol. The third-order valence-electron chi connectivity index (χ3n) is 7.78. The number of aliphatic hydroxyl groups is 1. The van der Waals surface area contributed by atoms with Crippen molar-refractivity contribution in [3.05, 3.63) is 22.8 Å². The van der Waals surface area contributed by atoms with Gasteiger partial charge in [0.05, 0.1) is 6.10 Å². The molecule has 5 atom stereocenters. The molecule has 0 saturated heterocycles. The molecule has 5 aliphatic carbocycles. The summed E-state index contributed by atoms with van der Waals surface area (Å²) in [5.74, 6) is 1.87. The van der Waals surface area contributed by atoms with Crippen molar-refractivity contribution in [1.29, 1.82) is 0 Å². The minimum atomic E-state index is -0.0997. The summed E-state index contributed by atoms with van der Waals surface area (Å²) >= 11 is 0. The normalized spacial score (nSPS) is 50.9. The molecule has 0 aromatic rings. The van der Waals surface area contributed by atoms with E-state index in [4.69, 9.17) is 0 Å². The Hall–Kier alpha value is -0.890.